The lowest BCUT2D eigenvalue weighted by atomic mass is 10.2. The van der Waals surface area contributed by atoms with Crippen LogP contribution in [0.3, 0.4) is 0 Å². The van der Waals surface area contributed by atoms with E-state index >= 15 is 0 Å². The van der Waals surface area contributed by atoms with Crippen molar-refractivity contribution in [1.82, 2.24) is 0 Å². The Morgan fingerprint density at radius 1 is 1.33 bits per heavy atom. The molecule has 1 saturated heterocycles. The summed E-state index contributed by atoms with van der Waals surface area (Å²) < 4.78 is 16.0. The second-order valence-corrected chi connectivity index (χ2v) is 3.64. The smallest absolute Gasteiger partial charge is 0.118 e. The minimum atomic E-state index is 0.270. The van der Waals surface area contributed by atoms with Gasteiger partial charge >= 0.3 is 0 Å². The first-order chi connectivity index (χ1) is 7.38. The molecule has 1 unspecified atom stereocenters. The lowest BCUT2D eigenvalue weighted by Crippen LogP contribution is -2.11. The fraction of sp³-hybridized carbons (Fsp3) is 0.500. The van der Waals surface area contributed by atoms with Crippen molar-refractivity contribution in [3.63, 3.8) is 0 Å². The molecular weight excluding hydrogens is 192 g/mol. The first-order valence-electron chi connectivity index (χ1n) is 5.21. The Hall–Kier alpha value is -1.06. The topological polar surface area (TPSA) is 27.7 Å². The largest absolute Gasteiger partial charge is 0.497 e. The van der Waals surface area contributed by atoms with Crippen LogP contribution in [0.5, 0.6) is 5.75 Å². The molecule has 1 aliphatic heterocycles. The van der Waals surface area contributed by atoms with E-state index < -0.39 is 0 Å². The van der Waals surface area contributed by atoms with E-state index in [0.717, 1.165) is 25.4 Å². The van der Waals surface area contributed by atoms with Crippen LogP contribution in [0.4, 0.5) is 0 Å². The van der Waals surface area contributed by atoms with Gasteiger partial charge in [-0.05, 0) is 24.1 Å². The van der Waals surface area contributed by atoms with Gasteiger partial charge in [0.1, 0.15) is 5.75 Å². The van der Waals surface area contributed by atoms with Crippen molar-refractivity contribution < 1.29 is 14.2 Å². The van der Waals surface area contributed by atoms with E-state index in [1.807, 2.05) is 24.3 Å². The number of hydrogen-bond donors (Lipinski definition) is 0. The van der Waals surface area contributed by atoms with Crippen molar-refractivity contribution in [1.29, 1.82) is 0 Å². The van der Waals surface area contributed by atoms with E-state index in [1.165, 1.54) is 5.56 Å². The highest BCUT2D eigenvalue weighted by molar-refractivity contribution is 5.26. The minimum Gasteiger partial charge on any atom is -0.497 e. The molecule has 0 aromatic heterocycles. The SMILES string of the molecule is COc1ccc(COC2CCOC2)cc1. The predicted octanol–water partition coefficient (Wildman–Crippen LogP) is 2.00. The molecule has 1 aromatic carbocycles. The van der Waals surface area contributed by atoms with E-state index in [9.17, 15) is 0 Å². The second kappa shape index (κ2) is 5.14. The molecule has 0 spiro atoms. The van der Waals surface area contributed by atoms with Gasteiger partial charge in [-0.1, -0.05) is 12.1 Å². The fourth-order valence-electron chi connectivity index (χ4n) is 1.58. The average molecular weight is 208 g/mol. The summed E-state index contributed by atoms with van der Waals surface area (Å²) >= 11 is 0. The van der Waals surface area contributed by atoms with Gasteiger partial charge in [0.25, 0.3) is 0 Å². The molecule has 0 bridgehead atoms. The number of methoxy groups -OCH3 is 1. The van der Waals surface area contributed by atoms with Gasteiger partial charge < -0.3 is 14.2 Å². The van der Waals surface area contributed by atoms with Gasteiger partial charge in [-0.3, -0.25) is 0 Å². The molecule has 0 saturated carbocycles. The average Bonchev–Trinajstić information content (AvgIpc) is 2.80. The van der Waals surface area contributed by atoms with E-state index in [4.69, 9.17) is 14.2 Å². The van der Waals surface area contributed by atoms with Crippen LogP contribution in [0.15, 0.2) is 24.3 Å². The van der Waals surface area contributed by atoms with Crippen LogP contribution in [-0.2, 0) is 16.1 Å². The van der Waals surface area contributed by atoms with E-state index in [-0.39, 0.29) is 6.10 Å². The molecule has 1 atom stereocenters. The molecule has 0 aliphatic carbocycles. The molecule has 2 rings (SSSR count). The van der Waals surface area contributed by atoms with Crippen molar-refractivity contribution in [3.8, 4) is 5.75 Å². The first-order valence-corrected chi connectivity index (χ1v) is 5.21. The standard InChI is InChI=1S/C12H16O3/c1-13-11-4-2-10(3-5-11)8-15-12-6-7-14-9-12/h2-5,12H,6-9H2,1H3. The summed E-state index contributed by atoms with van der Waals surface area (Å²) in [5, 5.41) is 0. The van der Waals surface area contributed by atoms with E-state index in [1.54, 1.807) is 7.11 Å². The maximum absolute atomic E-state index is 5.70. The second-order valence-electron chi connectivity index (χ2n) is 3.64. The Morgan fingerprint density at radius 2 is 2.13 bits per heavy atom. The van der Waals surface area contributed by atoms with Crippen molar-refractivity contribution in [2.45, 2.75) is 19.1 Å². The molecule has 3 nitrogen and oxygen atoms in total. The minimum absolute atomic E-state index is 0.270. The summed E-state index contributed by atoms with van der Waals surface area (Å²) in [7, 11) is 1.67. The Labute approximate surface area is 90.0 Å². The van der Waals surface area contributed by atoms with Crippen LogP contribution < -0.4 is 4.74 Å². The monoisotopic (exact) mass is 208 g/mol. The molecule has 1 fully saturated rings. The first kappa shape index (κ1) is 10.5. The van der Waals surface area contributed by atoms with E-state index in [2.05, 4.69) is 0 Å². The molecule has 1 aromatic rings. The lowest BCUT2D eigenvalue weighted by molar-refractivity contribution is 0.0317. The van der Waals surface area contributed by atoms with Crippen molar-refractivity contribution in [2.75, 3.05) is 20.3 Å². The zero-order valence-electron chi connectivity index (χ0n) is 8.94. The Kier molecular flexibility index (Phi) is 3.59. The molecule has 15 heavy (non-hydrogen) atoms. The van der Waals surface area contributed by atoms with Gasteiger partial charge in [0.2, 0.25) is 0 Å². The highest BCUT2D eigenvalue weighted by Crippen LogP contribution is 2.14. The molecule has 1 aliphatic rings. The van der Waals surface area contributed by atoms with Gasteiger partial charge in [0, 0.05) is 6.61 Å². The summed E-state index contributed by atoms with van der Waals surface area (Å²) in [6.07, 6.45) is 1.28. The van der Waals surface area contributed by atoms with Crippen LogP contribution in [0.2, 0.25) is 0 Å². The summed E-state index contributed by atoms with van der Waals surface area (Å²) in [6.45, 7) is 2.21. The molecular formula is C12H16O3. The number of benzene rings is 1. The molecule has 82 valence electrons. The molecule has 0 radical (unpaired) electrons. The van der Waals surface area contributed by atoms with Gasteiger partial charge in [-0.2, -0.15) is 0 Å². The molecule has 0 amide bonds. The summed E-state index contributed by atoms with van der Waals surface area (Å²) in [5.74, 6) is 0.878. The van der Waals surface area contributed by atoms with Crippen LogP contribution >= 0.6 is 0 Å². The zero-order valence-corrected chi connectivity index (χ0v) is 8.94. The van der Waals surface area contributed by atoms with Crippen molar-refractivity contribution in [3.05, 3.63) is 29.8 Å². The Morgan fingerprint density at radius 3 is 2.73 bits per heavy atom. The predicted molar refractivity (Wildman–Crippen MR) is 57.0 cm³/mol. The highest BCUT2D eigenvalue weighted by Gasteiger charge is 2.15. The normalized spacial score (nSPS) is 20.5. The van der Waals surface area contributed by atoms with Crippen LogP contribution in [0.25, 0.3) is 0 Å². The molecule has 1 heterocycles. The highest BCUT2D eigenvalue weighted by atomic mass is 16.5. The quantitative estimate of drug-likeness (QED) is 0.757. The lowest BCUT2D eigenvalue weighted by Gasteiger charge is -2.09. The third-order valence-electron chi connectivity index (χ3n) is 2.53. The maximum Gasteiger partial charge on any atom is 0.118 e. The molecule has 0 N–H and O–H groups in total. The number of rotatable bonds is 4. The summed E-state index contributed by atoms with van der Waals surface area (Å²) in [5.41, 5.74) is 1.17. The Bertz CT molecular complexity index is 288. The van der Waals surface area contributed by atoms with Crippen molar-refractivity contribution in [2.24, 2.45) is 0 Å². The fourth-order valence-corrected chi connectivity index (χ4v) is 1.58. The summed E-state index contributed by atoms with van der Waals surface area (Å²) in [6, 6.07) is 7.94. The molecule has 3 heteroatoms. The van der Waals surface area contributed by atoms with Gasteiger partial charge in [0.05, 0.1) is 26.4 Å². The van der Waals surface area contributed by atoms with Gasteiger partial charge in [-0.15, -0.1) is 0 Å². The van der Waals surface area contributed by atoms with Crippen LogP contribution in [0.1, 0.15) is 12.0 Å². The maximum atomic E-state index is 5.70. The van der Waals surface area contributed by atoms with Gasteiger partial charge in [0.15, 0.2) is 0 Å². The van der Waals surface area contributed by atoms with Crippen LogP contribution in [-0.4, -0.2) is 26.4 Å². The Balaban J connectivity index is 1.82. The number of hydrogen-bond acceptors (Lipinski definition) is 3. The number of ether oxygens (including phenoxy) is 3. The third kappa shape index (κ3) is 2.94. The summed E-state index contributed by atoms with van der Waals surface area (Å²) in [4.78, 5) is 0. The van der Waals surface area contributed by atoms with Crippen LogP contribution in [0, 0.1) is 0 Å². The third-order valence-corrected chi connectivity index (χ3v) is 2.53. The van der Waals surface area contributed by atoms with Gasteiger partial charge in [-0.25, -0.2) is 0 Å². The van der Waals surface area contributed by atoms with E-state index in [0.29, 0.717) is 6.61 Å². The van der Waals surface area contributed by atoms with Crippen molar-refractivity contribution >= 4 is 0 Å². The zero-order chi connectivity index (χ0) is 10.5.